The number of hydrogen-bond acceptors (Lipinski definition) is 9. The summed E-state index contributed by atoms with van der Waals surface area (Å²) in [5.74, 6) is 0.698. The molecule has 0 saturated heterocycles. The minimum atomic E-state index is -3.88. The number of carbonyl (C=O) groups is 1. The van der Waals surface area contributed by atoms with Crippen LogP contribution >= 0.6 is 22.9 Å². The third kappa shape index (κ3) is 6.29. The number of halogens is 3. The van der Waals surface area contributed by atoms with Crippen molar-refractivity contribution in [2.75, 3.05) is 19.0 Å². The molecule has 1 amide bonds. The number of alkyl halides is 3. The van der Waals surface area contributed by atoms with Crippen LogP contribution in [0.15, 0.2) is 35.8 Å². The number of aryl methyl sites for hydroxylation is 1. The molecule has 182 valence electrons. The van der Waals surface area contributed by atoms with E-state index in [-0.39, 0.29) is 24.1 Å². The lowest BCUT2D eigenvalue weighted by atomic mass is 10.2. The molecule has 34 heavy (non-hydrogen) atoms. The Hall–Kier alpha value is -3.52. The maximum Gasteiger partial charge on any atom is 0.409 e. The lowest BCUT2D eigenvalue weighted by molar-refractivity contribution is -0.392. The van der Waals surface area contributed by atoms with Crippen molar-refractivity contribution in [2.24, 2.45) is 0 Å². The van der Waals surface area contributed by atoms with Crippen molar-refractivity contribution in [1.82, 2.24) is 19.9 Å². The lowest BCUT2D eigenvalue weighted by Gasteiger charge is -2.23. The summed E-state index contributed by atoms with van der Waals surface area (Å²) < 4.78 is 39.0. The van der Waals surface area contributed by atoms with E-state index in [1.807, 2.05) is 5.32 Å². The van der Waals surface area contributed by atoms with Gasteiger partial charge in [-0.25, -0.2) is 19.3 Å². The summed E-state index contributed by atoms with van der Waals surface area (Å²) in [4.78, 5) is 30.5. The second-order valence-electron chi connectivity index (χ2n) is 6.74. The van der Waals surface area contributed by atoms with Crippen molar-refractivity contribution in [3.8, 4) is 17.0 Å². The summed E-state index contributed by atoms with van der Waals surface area (Å²) >= 11 is 6.19. The Morgan fingerprint density at radius 1 is 1.38 bits per heavy atom. The molecule has 0 aliphatic heterocycles. The van der Waals surface area contributed by atoms with Crippen LogP contribution in [0.25, 0.3) is 11.3 Å². The van der Waals surface area contributed by atoms with Crippen molar-refractivity contribution in [3.63, 3.8) is 0 Å². The molecule has 15 heteroatoms. The summed E-state index contributed by atoms with van der Waals surface area (Å²) in [6.07, 6.45) is -2.18. The number of thiazole rings is 1. The fraction of sp³-hybridized carbons (Fsp3) is 0.316. The molecule has 3 aromatic rings. The highest BCUT2D eigenvalue weighted by molar-refractivity contribution is 7.14. The predicted octanol–water partition coefficient (Wildman–Crippen LogP) is 4.23. The van der Waals surface area contributed by atoms with Crippen molar-refractivity contribution < 1.29 is 28.0 Å². The normalized spacial score (nSPS) is 12.1. The smallest absolute Gasteiger partial charge is 0.409 e. The quantitative estimate of drug-likeness (QED) is 0.177. The first-order valence-electron chi connectivity index (χ1n) is 9.61. The average Bonchev–Trinajstić information content (AvgIpc) is 3.40. The van der Waals surface area contributed by atoms with Crippen molar-refractivity contribution in [3.05, 3.63) is 51.8 Å². The van der Waals surface area contributed by atoms with Crippen LogP contribution in [0.2, 0.25) is 0 Å². The molecule has 0 fully saturated rings. The zero-order valence-corrected chi connectivity index (χ0v) is 19.4. The van der Waals surface area contributed by atoms with Gasteiger partial charge < -0.3 is 24.9 Å². The third-order valence-electron chi connectivity index (χ3n) is 4.52. The van der Waals surface area contributed by atoms with Gasteiger partial charge in [0.05, 0.1) is 12.8 Å². The van der Waals surface area contributed by atoms with Gasteiger partial charge in [0.2, 0.25) is 0 Å². The molecule has 3 rings (SSSR count). The topological polar surface area (TPSA) is 133 Å². The number of nitrogens with one attached hydrogen (secondary N) is 2. The molecule has 2 heterocycles. The number of benzene rings is 1. The number of rotatable bonds is 10. The van der Waals surface area contributed by atoms with Gasteiger partial charge in [0, 0.05) is 17.9 Å². The summed E-state index contributed by atoms with van der Waals surface area (Å²) in [5, 5.41) is 13.2. The summed E-state index contributed by atoms with van der Waals surface area (Å²) in [7, 11) is 1.53. The highest BCUT2D eigenvalue weighted by Crippen LogP contribution is 2.30. The van der Waals surface area contributed by atoms with Gasteiger partial charge in [-0.05, 0) is 40.8 Å². The van der Waals surface area contributed by atoms with Gasteiger partial charge in [-0.15, -0.1) is 11.3 Å². The molecule has 2 N–H and O–H groups in total. The Bertz CT molecular complexity index is 1150. The number of imidazole rings is 1. The van der Waals surface area contributed by atoms with E-state index in [2.05, 4.69) is 15.3 Å². The average molecular weight is 517 g/mol. The van der Waals surface area contributed by atoms with E-state index < -0.39 is 22.6 Å². The molecular weight excluding hydrogens is 498 g/mol. The molecule has 1 aromatic carbocycles. The molecule has 2 aromatic heterocycles. The minimum absolute atomic E-state index is 0.0844. The molecule has 0 saturated carbocycles. The van der Waals surface area contributed by atoms with Crippen LogP contribution in [0.3, 0.4) is 0 Å². The molecule has 0 bridgehead atoms. The molecule has 1 unspecified atom stereocenters. The molecule has 1 atom stereocenters. The van der Waals surface area contributed by atoms with Crippen LogP contribution < -0.4 is 15.4 Å². The maximum absolute atomic E-state index is 13.9. The lowest BCUT2D eigenvalue weighted by Crippen LogP contribution is -2.50. The number of hydrogen-bond donors (Lipinski definition) is 2. The van der Waals surface area contributed by atoms with Gasteiger partial charge in [-0.3, -0.25) is 5.32 Å². The number of alkyl carbamates (subject to hydrolysis) is 1. The fourth-order valence-electron chi connectivity index (χ4n) is 2.83. The standard InChI is InChI=1S/C19H19ClF2N6O5S/c1-11-23-9-15(28(30)31)27(11)7-8-33-18(29)26-16(19(20,21)22)25-17-24-14(10-34-17)12-3-5-13(32-2)6-4-12/h3-6,9-10,16H,7-8H2,1-2H3,(H,24,25)(H,26,29). The van der Waals surface area contributed by atoms with Crippen molar-refractivity contribution in [2.45, 2.75) is 25.0 Å². The number of methoxy groups -OCH3 is 1. The summed E-state index contributed by atoms with van der Waals surface area (Å²) in [6, 6.07) is 6.98. The molecular formula is C19H19ClF2N6O5S. The van der Waals surface area contributed by atoms with E-state index in [9.17, 15) is 23.7 Å². The van der Waals surface area contributed by atoms with Crippen LogP contribution in [-0.4, -0.2) is 50.8 Å². The Kier molecular flexibility index (Phi) is 7.83. The highest BCUT2D eigenvalue weighted by atomic mass is 35.5. The van der Waals surface area contributed by atoms with Crippen LogP contribution in [0.5, 0.6) is 5.75 Å². The number of carbonyl (C=O) groups excluding carboxylic acids is 1. The van der Waals surface area contributed by atoms with Gasteiger partial charge >= 0.3 is 17.3 Å². The largest absolute Gasteiger partial charge is 0.497 e. The number of amides is 1. The van der Waals surface area contributed by atoms with Gasteiger partial charge in [0.1, 0.15) is 25.1 Å². The Labute approximate surface area is 200 Å². The number of nitro groups is 1. The molecule has 0 aliphatic carbocycles. The molecule has 0 spiro atoms. The van der Waals surface area contributed by atoms with E-state index in [1.54, 1.807) is 29.6 Å². The Morgan fingerprint density at radius 2 is 2.09 bits per heavy atom. The Balaban J connectivity index is 1.60. The number of anilines is 1. The third-order valence-corrected chi connectivity index (χ3v) is 5.51. The first-order valence-corrected chi connectivity index (χ1v) is 10.9. The minimum Gasteiger partial charge on any atom is -0.497 e. The zero-order valence-electron chi connectivity index (χ0n) is 17.8. The highest BCUT2D eigenvalue weighted by Gasteiger charge is 2.39. The maximum atomic E-state index is 13.9. The number of nitrogens with zero attached hydrogens (tertiary/aromatic N) is 4. The summed E-state index contributed by atoms with van der Waals surface area (Å²) in [5.41, 5.74) is 1.25. The Morgan fingerprint density at radius 3 is 2.71 bits per heavy atom. The van der Waals surface area contributed by atoms with Crippen LogP contribution in [0.4, 0.5) is 24.5 Å². The number of ether oxygens (including phenoxy) is 2. The van der Waals surface area contributed by atoms with E-state index in [4.69, 9.17) is 21.1 Å². The molecule has 0 aliphatic rings. The van der Waals surface area contributed by atoms with Crippen molar-refractivity contribution in [1.29, 1.82) is 0 Å². The van der Waals surface area contributed by atoms with Gasteiger partial charge in [0.25, 0.3) is 0 Å². The molecule has 0 radical (unpaired) electrons. The molecule has 11 nitrogen and oxygen atoms in total. The van der Waals surface area contributed by atoms with E-state index >= 15 is 0 Å². The van der Waals surface area contributed by atoms with Gasteiger partial charge in [-0.2, -0.15) is 8.78 Å². The second-order valence-corrected chi connectivity index (χ2v) is 8.10. The van der Waals surface area contributed by atoms with E-state index in [1.165, 1.54) is 18.6 Å². The van der Waals surface area contributed by atoms with Crippen LogP contribution in [-0.2, 0) is 11.3 Å². The van der Waals surface area contributed by atoms with Crippen molar-refractivity contribution >= 4 is 40.0 Å². The second kappa shape index (κ2) is 10.6. The van der Waals surface area contributed by atoms with E-state index in [0.29, 0.717) is 17.3 Å². The first kappa shape index (κ1) is 25.1. The fourth-order valence-corrected chi connectivity index (χ4v) is 3.68. The van der Waals surface area contributed by atoms with Gasteiger partial charge in [-0.1, -0.05) is 0 Å². The van der Waals surface area contributed by atoms with Gasteiger partial charge in [0.15, 0.2) is 17.1 Å². The first-order chi connectivity index (χ1) is 16.1. The zero-order chi connectivity index (χ0) is 24.9. The van der Waals surface area contributed by atoms with Crippen LogP contribution in [0, 0.1) is 17.0 Å². The predicted molar refractivity (Wildman–Crippen MR) is 120 cm³/mol. The van der Waals surface area contributed by atoms with Crippen LogP contribution in [0.1, 0.15) is 5.82 Å². The SMILES string of the molecule is COc1ccc(-c2csc(NC(NC(=O)OCCn3c([N+](=O)[O-])cnc3C)C(F)(F)Cl)n2)cc1. The summed E-state index contributed by atoms with van der Waals surface area (Å²) in [6.45, 7) is 1.11. The number of aromatic nitrogens is 3. The van der Waals surface area contributed by atoms with E-state index in [0.717, 1.165) is 23.1 Å². The monoisotopic (exact) mass is 516 g/mol.